The van der Waals surface area contributed by atoms with Crippen LogP contribution in [0, 0.1) is 19.7 Å². The van der Waals surface area contributed by atoms with Crippen LogP contribution >= 0.6 is 11.6 Å². The van der Waals surface area contributed by atoms with Crippen molar-refractivity contribution in [1.82, 2.24) is 9.78 Å². The van der Waals surface area contributed by atoms with Crippen molar-refractivity contribution in [2.75, 3.05) is 5.32 Å². The summed E-state index contributed by atoms with van der Waals surface area (Å²) in [5.74, 6) is -0.725. The third-order valence-corrected chi connectivity index (χ3v) is 4.27. The van der Waals surface area contributed by atoms with Gasteiger partial charge in [0.25, 0.3) is 0 Å². The molecule has 0 atom stereocenters. The van der Waals surface area contributed by atoms with E-state index >= 15 is 0 Å². The minimum absolute atomic E-state index is 0.0259. The quantitative estimate of drug-likeness (QED) is 0.749. The van der Waals surface area contributed by atoms with Crippen molar-refractivity contribution >= 4 is 23.2 Å². The lowest BCUT2D eigenvalue weighted by atomic mass is 10.1. The number of aromatic nitrogens is 2. The van der Waals surface area contributed by atoms with Gasteiger partial charge in [0, 0.05) is 16.9 Å². The maximum Gasteiger partial charge on any atom is 0.228 e. The van der Waals surface area contributed by atoms with E-state index in [2.05, 4.69) is 10.4 Å². The third-order valence-electron chi connectivity index (χ3n) is 3.98. The lowest BCUT2D eigenvalue weighted by Gasteiger charge is -2.07. The lowest BCUT2D eigenvalue weighted by Crippen LogP contribution is -2.15. The highest BCUT2D eigenvalue weighted by Crippen LogP contribution is 2.21. The van der Waals surface area contributed by atoms with Gasteiger partial charge < -0.3 is 5.32 Å². The molecule has 1 amide bonds. The Morgan fingerprint density at radius 3 is 2.60 bits per heavy atom. The number of benzene rings is 2. The molecule has 0 aliphatic carbocycles. The molecule has 2 aromatic carbocycles. The van der Waals surface area contributed by atoms with E-state index in [-0.39, 0.29) is 17.4 Å². The van der Waals surface area contributed by atoms with E-state index in [1.807, 2.05) is 48.9 Å². The number of amides is 1. The number of aryl methyl sites for hydroxylation is 1. The lowest BCUT2D eigenvalue weighted by molar-refractivity contribution is -0.115. The Morgan fingerprint density at radius 2 is 1.92 bits per heavy atom. The molecule has 0 aliphatic heterocycles. The van der Waals surface area contributed by atoms with Crippen LogP contribution in [-0.4, -0.2) is 15.7 Å². The third kappa shape index (κ3) is 3.72. The number of hydrogen-bond acceptors (Lipinski definition) is 2. The molecule has 0 saturated heterocycles. The highest BCUT2D eigenvalue weighted by atomic mass is 35.5. The number of carbonyl (C=O) groups excluding carboxylic acids is 1. The van der Waals surface area contributed by atoms with Crippen LogP contribution in [-0.2, 0) is 11.2 Å². The largest absolute Gasteiger partial charge is 0.326 e. The Balaban J connectivity index is 1.79. The van der Waals surface area contributed by atoms with E-state index in [1.165, 1.54) is 18.2 Å². The number of hydrogen-bond donors (Lipinski definition) is 1. The number of para-hydroxylation sites is 1. The van der Waals surface area contributed by atoms with Crippen molar-refractivity contribution in [3.05, 3.63) is 76.3 Å². The summed E-state index contributed by atoms with van der Waals surface area (Å²) in [6, 6.07) is 13.8. The van der Waals surface area contributed by atoms with E-state index in [9.17, 15) is 9.18 Å². The number of halogens is 2. The zero-order valence-electron chi connectivity index (χ0n) is 13.9. The van der Waals surface area contributed by atoms with Crippen molar-refractivity contribution in [1.29, 1.82) is 0 Å². The fourth-order valence-corrected chi connectivity index (χ4v) is 2.87. The average Bonchev–Trinajstić information content (AvgIpc) is 2.87. The normalized spacial score (nSPS) is 10.7. The topological polar surface area (TPSA) is 46.9 Å². The standard InChI is InChI=1S/C19H17ClFN3O/c1-12-16(13(2)24(23-12)15-6-4-3-5-7-15)11-19(25)22-14-8-9-18(21)17(20)10-14/h3-10H,11H2,1-2H3,(H,22,25). The summed E-state index contributed by atoms with van der Waals surface area (Å²) >= 11 is 5.74. The second-order valence-corrected chi connectivity index (χ2v) is 6.16. The Labute approximate surface area is 150 Å². The molecular weight excluding hydrogens is 341 g/mol. The molecule has 128 valence electrons. The smallest absolute Gasteiger partial charge is 0.228 e. The monoisotopic (exact) mass is 357 g/mol. The fraction of sp³-hybridized carbons (Fsp3) is 0.158. The van der Waals surface area contributed by atoms with Crippen molar-refractivity contribution in [2.45, 2.75) is 20.3 Å². The number of nitrogens with one attached hydrogen (secondary N) is 1. The summed E-state index contributed by atoms with van der Waals surface area (Å²) in [6.45, 7) is 3.81. The van der Waals surface area contributed by atoms with Gasteiger partial charge in [0.1, 0.15) is 5.82 Å². The number of rotatable bonds is 4. The van der Waals surface area contributed by atoms with Gasteiger partial charge in [-0.1, -0.05) is 29.8 Å². The van der Waals surface area contributed by atoms with Crippen molar-refractivity contribution in [3.63, 3.8) is 0 Å². The summed E-state index contributed by atoms with van der Waals surface area (Å²) in [6.07, 6.45) is 0.180. The van der Waals surface area contributed by atoms with E-state index in [4.69, 9.17) is 11.6 Å². The van der Waals surface area contributed by atoms with Crippen LogP contribution in [0.1, 0.15) is 17.0 Å². The van der Waals surface area contributed by atoms with Crippen LogP contribution in [0.3, 0.4) is 0 Å². The van der Waals surface area contributed by atoms with Gasteiger partial charge in [-0.3, -0.25) is 4.79 Å². The van der Waals surface area contributed by atoms with Gasteiger partial charge in [-0.25, -0.2) is 9.07 Å². The highest BCUT2D eigenvalue weighted by Gasteiger charge is 2.16. The fourth-order valence-electron chi connectivity index (χ4n) is 2.69. The number of nitrogens with zero attached hydrogens (tertiary/aromatic N) is 2. The van der Waals surface area contributed by atoms with Crippen molar-refractivity contribution in [2.24, 2.45) is 0 Å². The van der Waals surface area contributed by atoms with Crippen LogP contribution < -0.4 is 5.32 Å². The maximum absolute atomic E-state index is 13.2. The Kier molecular flexibility index (Phi) is 4.86. The molecule has 4 nitrogen and oxygen atoms in total. The average molecular weight is 358 g/mol. The molecule has 0 saturated carbocycles. The van der Waals surface area contributed by atoms with Gasteiger partial charge in [0.2, 0.25) is 5.91 Å². The SMILES string of the molecule is Cc1nn(-c2ccccc2)c(C)c1CC(=O)Nc1ccc(F)c(Cl)c1. The highest BCUT2D eigenvalue weighted by molar-refractivity contribution is 6.31. The maximum atomic E-state index is 13.2. The second kappa shape index (κ2) is 7.07. The predicted octanol–water partition coefficient (Wildman–Crippen LogP) is 4.46. The predicted molar refractivity (Wildman–Crippen MR) is 96.8 cm³/mol. The molecule has 0 aliphatic rings. The van der Waals surface area contributed by atoms with Crippen LogP contribution in [0.5, 0.6) is 0 Å². The molecule has 6 heteroatoms. The first-order chi connectivity index (χ1) is 12.0. The van der Waals surface area contributed by atoms with Crippen LogP contribution in [0.15, 0.2) is 48.5 Å². The van der Waals surface area contributed by atoms with Gasteiger partial charge >= 0.3 is 0 Å². The van der Waals surface area contributed by atoms with Crippen molar-refractivity contribution in [3.8, 4) is 5.69 Å². The first-order valence-corrected chi connectivity index (χ1v) is 8.19. The van der Waals surface area contributed by atoms with Gasteiger partial charge in [-0.2, -0.15) is 5.10 Å². The first kappa shape index (κ1) is 17.2. The molecule has 0 unspecified atom stereocenters. The number of carbonyl (C=O) groups is 1. The zero-order valence-corrected chi connectivity index (χ0v) is 14.6. The van der Waals surface area contributed by atoms with Gasteiger partial charge in [0.05, 0.1) is 22.8 Å². The molecule has 0 bridgehead atoms. The summed E-state index contributed by atoms with van der Waals surface area (Å²) in [7, 11) is 0. The molecule has 1 aromatic heterocycles. The van der Waals surface area contributed by atoms with Gasteiger partial charge in [-0.15, -0.1) is 0 Å². The molecule has 1 N–H and O–H groups in total. The Morgan fingerprint density at radius 1 is 1.20 bits per heavy atom. The summed E-state index contributed by atoms with van der Waals surface area (Å²) in [4.78, 5) is 12.3. The molecule has 25 heavy (non-hydrogen) atoms. The van der Waals surface area contributed by atoms with Crippen LogP contribution in [0.4, 0.5) is 10.1 Å². The van der Waals surface area contributed by atoms with Crippen LogP contribution in [0.2, 0.25) is 5.02 Å². The summed E-state index contributed by atoms with van der Waals surface area (Å²) in [5, 5.41) is 7.24. The van der Waals surface area contributed by atoms with Gasteiger partial charge in [0.15, 0.2) is 0 Å². The molecule has 0 spiro atoms. The molecule has 0 radical (unpaired) electrons. The minimum Gasteiger partial charge on any atom is -0.326 e. The molecular formula is C19H17ClFN3O. The molecule has 3 aromatic rings. The Hall–Kier alpha value is -2.66. The van der Waals surface area contributed by atoms with E-state index < -0.39 is 5.82 Å². The van der Waals surface area contributed by atoms with E-state index in [0.717, 1.165) is 22.6 Å². The van der Waals surface area contributed by atoms with E-state index in [1.54, 1.807) is 0 Å². The molecule has 3 rings (SSSR count). The first-order valence-electron chi connectivity index (χ1n) is 7.81. The minimum atomic E-state index is -0.518. The summed E-state index contributed by atoms with van der Waals surface area (Å²) < 4.78 is 15.0. The van der Waals surface area contributed by atoms with Crippen LogP contribution in [0.25, 0.3) is 5.69 Å². The van der Waals surface area contributed by atoms with Crippen molar-refractivity contribution < 1.29 is 9.18 Å². The molecule has 0 fully saturated rings. The zero-order chi connectivity index (χ0) is 18.0. The Bertz CT molecular complexity index is 922. The van der Waals surface area contributed by atoms with E-state index in [0.29, 0.717) is 5.69 Å². The second-order valence-electron chi connectivity index (χ2n) is 5.75. The van der Waals surface area contributed by atoms with Gasteiger partial charge in [-0.05, 0) is 44.2 Å². The summed E-state index contributed by atoms with van der Waals surface area (Å²) in [5.41, 5.74) is 3.99. The molecule has 1 heterocycles. The number of anilines is 1.